The molecule has 0 atom stereocenters. The first-order valence-electron chi connectivity index (χ1n) is 10.8. The van der Waals surface area contributed by atoms with Gasteiger partial charge in [-0.2, -0.15) is 0 Å². The number of carbonyl (C=O) groups excluding carboxylic acids is 1. The van der Waals surface area contributed by atoms with E-state index in [0.29, 0.717) is 30.1 Å². The van der Waals surface area contributed by atoms with Crippen LogP contribution in [-0.2, 0) is 11.3 Å². The highest BCUT2D eigenvalue weighted by Crippen LogP contribution is 2.15. The second-order valence-corrected chi connectivity index (χ2v) is 8.29. The van der Waals surface area contributed by atoms with Gasteiger partial charge in [-0.05, 0) is 61.8 Å². The minimum Gasteiger partial charge on any atom is -0.473 e. The molecule has 30 heavy (non-hydrogen) atoms. The normalized spacial score (nSPS) is 14.6. The fraction of sp³-hybridized carbons (Fsp3) is 0.591. The number of thiocarbonyl (C=S) groups is 1. The Balaban J connectivity index is 1.58. The van der Waals surface area contributed by atoms with E-state index < -0.39 is 0 Å². The first-order valence-corrected chi connectivity index (χ1v) is 11.2. The van der Waals surface area contributed by atoms with E-state index in [9.17, 15) is 4.79 Å². The number of ether oxygens (including phenoxy) is 1. The molecule has 0 aliphatic carbocycles. The molecule has 3 N–H and O–H groups in total. The van der Waals surface area contributed by atoms with Gasteiger partial charge in [0.25, 0.3) is 0 Å². The molecule has 0 radical (unpaired) electrons. The zero-order chi connectivity index (χ0) is 21.6. The Bertz CT molecular complexity index is 690. The van der Waals surface area contributed by atoms with Gasteiger partial charge in [0.05, 0.1) is 6.54 Å². The van der Waals surface area contributed by atoms with E-state index in [4.69, 9.17) is 17.0 Å². The molecular weight excluding hydrogens is 398 g/mol. The van der Waals surface area contributed by atoms with Crippen molar-refractivity contribution in [2.24, 2.45) is 5.92 Å². The molecule has 1 saturated heterocycles. The van der Waals surface area contributed by atoms with Crippen LogP contribution < -0.4 is 20.7 Å². The van der Waals surface area contributed by atoms with E-state index in [1.807, 2.05) is 24.3 Å². The SMILES string of the molecule is CC(C)CNC(=S)NCC(=O)NC/C=C\COc1cc(CN2CCCCC2)ccn1. The van der Waals surface area contributed by atoms with Crippen LogP contribution in [0.25, 0.3) is 0 Å². The predicted molar refractivity (Wildman–Crippen MR) is 124 cm³/mol. The number of amides is 1. The Kier molecular flexibility index (Phi) is 11.2. The van der Waals surface area contributed by atoms with Crippen molar-refractivity contribution < 1.29 is 9.53 Å². The van der Waals surface area contributed by atoms with Crippen LogP contribution in [0.3, 0.4) is 0 Å². The van der Waals surface area contributed by atoms with Crippen LogP contribution in [0.15, 0.2) is 30.5 Å². The Hall–Kier alpha value is -2.19. The number of piperidine rings is 1. The van der Waals surface area contributed by atoms with Gasteiger partial charge < -0.3 is 20.7 Å². The number of nitrogens with one attached hydrogen (secondary N) is 3. The lowest BCUT2D eigenvalue weighted by Crippen LogP contribution is -2.42. The molecule has 1 aliphatic rings. The molecule has 0 saturated carbocycles. The number of rotatable bonds is 11. The first-order chi connectivity index (χ1) is 14.5. The Labute approximate surface area is 185 Å². The summed E-state index contributed by atoms with van der Waals surface area (Å²) >= 11 is 5.12. The lowest BCUT2D eigenvalue weighted by Gasteiger charge is -2.26. The molecule has 0 unspecified atom stereocenters. The second-order valence-electron chi connectivity index (χ2n) is 7.88. The van der Waals surface area contributed by atoms with E-state index in [1.54, 1.807) is 6.20 Å². The highest BCUT2D eigenvalue weighted by molar-refractivity contribution is 7.80. The Morgan fingerprint density at radius 3 is 2.80 bits per heavy atom. The van der Waals surface area contributed by atoms with Gasteiger partial charge in [0, 0.05) is 31.9 Å². The molecule has 1 aromatic heterocycles. The number of nitrogens with zero attached hydrogens (tertiary/aromatic N) is 2. The van der Waals surface area contributed by atoms with Gasteiger partial charge in [-0.3, -0.25) is 9.69 Å². The maximum absolute atomic E-state index is 11.8. The summed E-state index contributed by atoms with van der Waals surface area (Å²) in [7, 11) is 0. The summed E-state index contributed by atoms with van der Waals surface area (Å²) < 4.78 is 5.70. The standard InChI is InChI=1S/C22H35N5O2S/c1-18(2)15-25-22(30)26-16-20(28)23-9-4-7-13-29-21-14-19(8-10-24-21)17-27-11-5-3-6-12-27/h4,7-8,10,14,18H,3,5-6,9,11-13,15-17H2,1-2H3,(H,23,28)(H2,25,26,30)/b7-4-. The van der Waals surface area contributed by atoms with Gasteiger partial charge >= 0.3 is 0 Å². The molecule has 166 valence electrons. The zero-order valence-electron chi connectivity index (χ0n) is 18.2. The quantitative estimate of drug-likeness (QED) is 0.365. The molecule has 8 heteroatoms. The molecule has 0 bridgehead atoms. The maximum Gasteiger partial charge on any atom is 0.239 e. The fourth-order valence-electron chi connectivity index (χ4n) is 3.04. The number of hydrogen-bond acceptors (Lipinski definition) is 5. The summed E-state index contributed by atoms with van der Waals surface area (Å²) in [6.45, 7) is 9.28. The Morgan fingerprint density at radius 2 is 2.03 bits per heavy atom. The van der Waals surface area contributed by atoms with Gasteiger partial charge in [0.1, 0.15) is 6.61 Å². The topological polar surface area (TPSA) is 78.5 Å². The molecule has 1 amide bonds. The minimum atomic E-state index is -0.110. The van der Waals surface area contributed by atoms with E-state index in [2.05, 4.69) is 39.7 Å². The van der Waals surface area contributed by atoms with Crippen molar-refractivity contribution in [2.45, 2.75) is 39.7 Å². The van der Waals surface area contributed by atoms with Crippen molar-refractivity contribution in [1.29, 1.82) is 0 Å². The van der Waals surface area contributed by atoms with E-state index >= 15 is 0 Å². The maximum atomic E-state index is 11.8. The van der Waals surface area contributed by atoms with Crippen LogP contribution >= 0.6 is 12.2 Å². The smallest absolute Gasteiger partial charge is 0.239 e. The Morgan fingerprint density at radius 1 is 1.23 bits per heavy atom. The summed E-state index contributed by atoms with van der Waals surface area (Å²) in [5, 5.41) is 9.26. The largest absolute Gasteiger partial charge is 0.473 e. The van der Waals surface area contributed by atoms with Crippen molar-refractivity contribution in [3.63, 3.8) is 0 Å². The van der Waals surface area contributed by atoms with E-state index in [-0.39, 0.29) is 12.5 Å². The van der Waals surface area contributed by atoms with Gasteiger partial charge in [-0.15, -0.1) is 0 Å². The van der Waals surface area contributed by atoms with Crippen molar-refractivity contribution in [2.75, 3.05) is 39.3 Å². The van der Waals surface area contributed by atoms with Gasteiger partial charge in [0.2, 0.25) is 11.8 Å². The predicted octanol–water partition coefficient (Wildman–Crippen LogP) is 2.24. The van der Waals surface area contributed by atoms with Crippen molar-refractivity contribution in [3.8, 4) is 5.88 Å². The minimum absolute atomic E-state index is 0.110. The second kappa shape index (κ2) is 13.9. The number of aromatic nitrogens is 1. The van der Waals surface area contributed by atoms with Crippen molar-refractivity contribution in [3.05, 3.63) is 36.0 Å². The molecule has 1 fully saturated rings. The summed E-state index contributed by atoms with van der Waals surface area (Å²) in [5.41, 5.74) is 1.23. The van der Waals surface area contributed by atoms with Crippen molar-refractivity contribution in [1.82, 2.24) is 25.8 Å². The zero-order valence-corrected chi connectivity index (χ0v) is 19.0. The monoisotopic (exact) mass is 433 g/mol. The van der Waals surface area contributed by atoms with Crippen LogP contribution in [0.4, 0.5) is 0 Å². The molecule has 7 nitrogen and oxygen atoms in total. The van der Waals surface area contributed by atoms with Gasteiger partial charge in [0.15, 0.2) is 5.11 Å². The highest BCUT2D eigenvalue weighted by Gasteiger charge is 2.10. The third-order valence-electron chi connectivity index (χ3n) is 4.65. The van der Waals surface area contributed by atoms with E-state index in [1.165, 1.54) is 37.9 Å². The average Bonchev–Trinajstić information content (AvgIpc) is 2.74. The summed E-state index contributed by atoms with van der Waals surface area (Å²) in [6.07, 6.45) is 9.45. The first kappa shape index (κ1) is 24.1. The van der Waals surface area contributed by atoms with Crippen LogP contribution in [0.1, 0.15) is 38.7 Å². The third-order valence-corrected chi connectivity index (χ3v) is 4.93. The molecule has 1 aliphatic heterocycles. The fourth-order valence-corrected chi connectivity index (χ4v) is 3.20. The molecule has 2 rings (SSSR count). The number of carbonyl (C=O) groups is 1. The van der Waals surface area contributed by atoms with Gasteiger partial charge in [-0.1, -0.05) is 26.3 Å². The molecule has 2 heterocycles. The summed E-state index contributed by atoms with van der Waals surface area (Å²) in [6, 6.07) is 4.05. The molecular formula is C22H35N5O2S. The van der Waals surface area contributed by atoms with Crippen LogP contribution in [0, 0.1) is 5.92 Å². The van der Waals surface area contributed by atoms with Crippen molar-refractivity contribution >= 4 is 23.2 Å². The lowest BCUT2D eigenvalue weighted by molar-refractivity contribution is -0.119. The number of pyridine rings is 1. The summed E-state index contributed by atoms with van der Waals surface area (Å²) in [4.78, 5) is 18.6. The number of likely N-dealkylation sites (tertiary alicyclic amines) is 1. The van der Waals surface area contributed by atoms with Crippen LogP contribution in [0.5, 0.6) is 5.88 Å². The lowest BCUT2D eigenvalue weighted by atomic mass is 10.1. The molecule has 0 spiro atoms. The van der Waals surface area contributed by atoms with Gasteiger partial charge in [-0.25, -0.2) is 4.98 Å². The third kappa shape index (κ3) is 10.5. The van der Waals surface area contributed by atoms with Crippen LogP contribution in [-0.4, -0.2) is 60.2 Å². The average molecular weight is 434 g/mol. The molecule has 0 aromatic carbocycles. The summed E-state index contributed by atoms with van der Waals surface area (Å²) in [5.74, 6) is 1.02. The van der Waals surface area contributed by atoms with E-state index in [0.717, 1.165) is 13.1 Å². The molecule has 1 aromatic rings. The van der Waals surface area contributed by atoms with Crippen LogP contribution in [0.2, 0.25) is 0 Å². The number of hydrogen-bond donors (Lipinski definition) is 3. The highest BCUT2D eigenvalue weighted by atomic mass is 32.1.